The Morgan fingerprint density at radius 2 is 1.89 bits per heavy atom. The fourth-order valence-electron chi connectivity index (χ4n) is 8.15. The van der Waals surface area contributed by atoms with Gasteiger partial charge in [-0.3, -0.25) is 4.79 Å². The fraction of sp³-hybridized carbons (Fsp3) is 0.875. The molecule has 0 aromatic rings. The zero-order valence-electron chi connectivity index (χ0n) is 17.7. The summed E-state index contributed by atoms with van der Waals surface area (Å²) in [6, 6.07) is 0. The van der Waals surface area contributed by atoms with Crippen molar-refractivity contribution in [3.05, 3.63) is 12.2 Å². The molecular weight excluding hydrogens is 352 g/mol. The molecule has 4 heteroatoms. The van der Waals surface area contributed by atoms with Crippen LogP contribution in [0.2, 0.25) is 0 Å². The summed E-state index contributed by atoms with van der Waals surface area (Å²) in [6.07, 6.45) is 11.2. The lowest BCUT2D eigenvalue weighted by Gasteiger charge is -2.60. The largest absolute Gasteiger partial charge is 0.481 e. The van der Waals surface area contributed by atoms with Crippen molar-refractivity contribution in [3.8, 4) is 0 Å². The van der Waals surface area contributed by atoms with Crippen LogP contribution in [0, 0.1) is 46.3 Å². The molecule has 0 heterocycles. The quantitative estimate of drug-likeness (QED) is 0.627. The molecule has 0 radical (unpaired) electrons. The van der Waals surface area contributed by atoms with E-state index in [1.807, 2.05) is 0 Å². The van der Waals surface area contributed by atoms with Crippen LogP contribution in [-0.4, -0.2) is 33.5 Å². The minimum atomic E-state index is -0.695. The predicted octanol–water partition coefficient (Wildman–Crippen LogP) is 4.25. The summed E-state index contributed by atoms with van der Waals surface area (Å²) in [4.78, 5) is 11.0. The summed E-state index contributed by atoms with van der Waals surface area (Å²) in [5.41, 5.74) is 0.211. The van der Waals surface area contributed by atoms with Crippen LogP contribution in [0.25, 0.3) is 0 Å². The average Bonchev–Trinajstić information content (AvgIpc) is 2.99. The van der Waals surface area contributed by atoms with Crippen LogP contribution in [0.5, 0.6) is 0 Å². The van der Waals surface area contributed by atoms with Gasteiger partial charge in [0.05, 0.1) is 12.2 Å². The van der Waals surface area contributed by atoms with Gasteiger partial charge < -0.3 is 15.3 Å². The van der Waals surface area contributed by atoms with Gasteiger partial charge >= 0.3 is 5.97 Å². The minimum Gasteiger partial charge on any atom is -0.481 e. The van der Waals surface area contributed by atoms with Gasteiger partial charge in [0.25, 0.3) is 0 Å². The number of fused-ring (bicyclic) bond motifs is 5. The van der Waals surface area contributed by atoms with Gasteiger partial charge in [0, 0.05) is 6.42 Å². The second-order valence-electron chi connectivity index (χ2n) is 11.0. The highest BCUT2D eigenvalue weighted by molar-refractivity contribution is 5.66. The van der Waals surface area contributed by atoms with Crippen molar-refractivity contribution in [1.82, 2.24) is 0 Å². The lowest BCUT2D eigenvalue weighted by Crippen LogP contribution is -2.56. The first-order valence-electron chi connectivity index (χ1n) is 11.4. The molecule has 0 amide bonds. The molecule has 0 aromatic carbocycles. The van der Waals surface area contributed by atoms with Gasteiger partial charge in [0.1, 0.15) is 0 Å². The molecule has 4 aliphatic carbocycles. The molecule has 3 fully saturated rings. The summed E-state index contributed by atoms with van der Waals surface area (Å²) in [6.45, 7) is 6.99. The summed E-state index contributed by atoms with van der Waals surface area (Å²) in [5.74, 6) is 2.05. The molecule has 0 aliphatic heterocycles. The lowest BCUT2D eigenvalue weighted by atomic mass is 9.46. The summed E-state index contributed by atoms with van der Waals surface area (Å²) in [7, 11) is 0. The van der Waals surface area contributed by atoms with E-state index in [4.69, 9.17) is 5.11 Å². The third kappa shape index (κ3) is 3.06. The Kier molecular flexibility index (Phi) is 5.19. The molecule has 0 bridgehead atoms. The number of hydrogen-bond donors (Lipinski definition) is 3. The maximum absolute atomic E-state index is 11.1. The maximum Gasteiger partial charge on any atom is 0.303 e. The molecule has 4 aliphatic rings. The van der Waals surface area contributed by atoms with Gasteiger partial charge in [-0.2, -0.15) is 0 Å². The van der Waals surface area contributed by atoms with Crippen LogP contribution in [-0.2, 0) is 4.79 Å². The van der Waals surface area contributed by atoms with Gasteiger partial charge in [-0.15, -0.1) is 0 Å². The van der Waals surface area contributed by atoms with Crippen molar-refractivity contribution < 1.29 is 20.1 Å². The molecule has 4 nitrogen and oxygen atoms in total. The molecule has 0 saturated heterocycles. The Bertz CT molecular complexity index is 645. The van der Waals surface area contributed by atoms with Crippen LogP contribution in [0.1, 0.15) is 72.1 Å². The Labute approximate surface area is 169 Å². The number of carbonyl (C=O) groups is 1. The highest BCUT2D eigenvalue weighted by Gasteiger charge is 2.60. The number of hydrogen-bond acceptors (Lipinski definition) is 3. The number of rotatable bonds is 4. The van der Waals surface area contributed by atoms with E-state index in [0.717, 1.165) is 32.1 Å². The minimum absolute atomic E-state index is 0.0897. The van der Waals surface area contributed by atoms with Gasteiger partial charge in [0.15, 0.2) is 0 Å². The van der Waals surface area contributed by atoms with Crippen LogP contribution in [0.15, 0.2) is 12.2 Å². The maximum atomic E-state index is 11.1. The van der Waals surface area contributed by atoms with Crippen LogP contribution >= 0.6 is 0 Å². The topological polar surface area (TPSA) is 77.8 Å². The smallest absolute Gasteiger partial charge is 0.303 e. The van der Waals surface area contributed by atoms with Crippen LogP contribution in [0.4, 0.5) is 0 Å². The van der Waals surface area contributed by atoms with Crippen molar-refractivity contribution in [1.29, 1.82) is 0 Å². The first-order valence-corrected chi connectivity index (χ1v) is 11.4. The Morgan fingerprint density at radius 1 is 1.14 bits per heavy atom. The predicted molar refractivity (Wildman–Crippen MR) is 109 cm³/mol. The van der Waals surface area contributed by atoms with Crippen LogP contribution in [0.3, 0.4) is 0 Å². The number of carboxylic acid groups (broad SMARTS) is 1. The van der Waals surface area contributed by atoms with Crippen molar-refractivity contribution in [2.45, 2.75) is 84.3 Å². The molecule has 158 valence electrons. The van der Waals surface area contributed by atoms with E-state index in [2.05, 4.69) is 32.9 Å². The molecule has 4 rings (SSSR count). The first kappa shape index (κ1) is 20.4. The van der Waals surface area contributed by atoms with E-state index in [-0.39, 0.29) is 35.4 Å². The number of aliphatic hydroxyl groups is 2. The molecule has 0 aromatic heterocycles. The summed E-state index contributed by atoms with van der Waals surface area (Å²) in [5, 5.41) is 30.3. The monoisotopic (exact) mass is 390 g/mol. The molecule has 3 N–H and O–H groups in total. The highest BCUT2D eigenvalue weighted by Crippen LogP contribution is 2.66. The molecule has 3 saturated carbocycles. The zero-order chi connectivity index (χ0) is 20.3. The number of carboxylic acids is 1. The fourth-order valence-corrected chi connectivity index (χ4v) is 8.15. The van der Waals surface area contributed by atoms with E-state index in [0.29, 0.717) is 29.6 Å². The normalized spacial score (nSPS) is 51.1. The van der Waals surface area contributed by atoms with Crippen molar-refractivity contribution in [3.63, 3.8) is 0 Å². The SMILES string of the molecule is C[C@H](CCC(=O)O)[C@H]1CC[C@H]2[C@@H]3C[C@H](O)[C@@H]4C[C@H](O)CC[C@]4(C)[C@H]3C=C[C@]12C. The second kappa shape index (κ2) is 7.12. The number of aliphatic carboxylic acids is 1. The summed E-state index contributed by atoms with van der Waals surface area (Å²) >= 11 is 0. The lowest BCUT2D eigenvalue weighted by molar-refractivity contribution is -0.140. The van der Waals surface area contributed by atoms with Crippen molar-refractivity contribution in [2.24, 2.45) is 46.3 Å². The zero-order valence-corrected chi connectivity index (χ0v) is 17.7. The van der Waals surface area contributed by atoms with E-state index in [1.54, 1.807) is 0 Å². The second-order valence-corrected chi connectivity index (χ2v) is 11.0. The van der Waals surface area contributed by atoms with E-state index < -0.39 is 5.97 Å². The highest BCUT2D eigenvalue weighted by atomic mass is 16.4. The van der Waals surface area contributed by atoms with Gasteiger partial charge in [-0.25, -0.2) is 0 Å². The van der Waals surface area contributed by atoms with E-state index >= 15 is 0 Å². The number of aliphatic hydroxyl groups excluding tert-OH is 2. The van der Waals surface area contributed by atoms with E-state index in [9.17, 15) is 15.0 Å². The molecular formula is C24H38O4. The van der Waals surface area contributed by atoms with Gasteiger partial charge in [-0.05, 0) is 91.3 Å². The Balaban J connectivity index is 1.60. The standard InChI is InChI=1S/C24H38O4/c1-14(4-7-22(27)28)17-5-6-18-16-13-21(26)20-12-15(25)8-10-24(20,3)19(16)9-11-23(17,18)2/h9,11,14-21,25-26H,4-8,10,12-13H2,1-3H3,(H,27,28)/t14-,15-,16+,17-,18+,19+,20+,21+,23-,24-/m1/s1. The third-order valence-electron chi connectivity index (χ3n) is 9.66. The average molecular weight is 391 g/mol. The third-order valence-corrected chi connectivity index (χ3v) is 9.66. The van der Waals surface area contributed by atoms with Crippen molar-refractivity contribution >= 4 is 5.97 Å². The van der Waals surface area contributed by atoms with Gasteiger partial charge in [0.2, 0.25) is 0 Å². The molecule has 0 spiro atoms. The Hall–Kier alpha value is -0.870. The summed E-state index contributed by atoms with van der Waals surface area (Å²) < 4.78 is 0. The first-order chi connectivity index (χ1) is 13.2. The molecule has 10 atom stereocenters. The van der Waals surface area contributed by atoms with Crippen molar-refractivity contribution in [2.75, 3.05) is 0 Å². The van der Waals surface area contributed by atoms with Gasteiger partial charge in [-0.1, -0.05) is 32.9 Å². The van der Waals surface area contributed by atoms with E-state index in [1.165, 1.54) is 12.8 Å². The van der Waals surface area contributed by atoms with Crippen LogP contribution < -0.4 is 0 Å². The Morgan fingerprint density at radius 3 is 2.61 bits per heavy atom. The molecule has 28 heavy (non-hydrogen) atoms. The number of allylic oxidation sites excluding steroid dienone is 2. The molecule has 0 unspecified atom stereocenters.